The van der Waals surface area contributed by atoms with Gasteiger partial charge in [-0.05, 0) is 42.8 Å². The molecule has 0 fully saturated rings. The first-order valence-electron chi connectivity index (χ1n) is 6.48. The number of ether oxygens (including phenoxy) is 1. The second-order valence-corrected chi connectivity index (χ2v) is 7.17. The summed E-state index contributed by atoms with van der Waals surface area (Å²) in [6.07, 6.45) is 0. The van der Waals surface area contributed by atoms with Crippen molar-refractivity contribution in [3.05, 3.63) is 44.8 Å². The van der Waals surface area contributed by atoms with Crippen LogP contribution in [0, 0.1) is 0 Å². The van der Waals surface area contributed by atoms with Gasteiger partial charge in [-0.25, -0.2) is 4.98 Å². The van der Waals surface area contributed by atoms with Gasteiger partial charge in [0.15, 0.2) is 0 Å². The highest BCUT2D eigenvalue weighted by atomic mass is 79.9. The molecule has 0 radical (unpaired) electrons. The molecule has 0 aliphatic carbocycles. The van der Waals surface area contributed by atoms with Gasteiger partial charge >= 0.3 is 0 Å². The molecule has 1 aromatic carbocycles. The first kappa shape index (κ1) is 15.5. The third-order valence-electron chi connectivity index (χ3n) is 2.71. The summed E-state index contributed by atoms with van der Waals surface area (Å²) in [5.74, 6) is 0.886. The Bertz CT molecular complexity index is 549. The average molecular weight is 355 g/mol. The molecule has 5 heteroatoms. The third kappa shape index (κ3) is 4.58. The first-order valence-corrected chi connectivity index (χ1v) is 8.21. The highest BCUT2D eigenvalue weighted by Gasteiger charge is 2.13. The zero-order chi connectivity index (χ0) is 14.6. The van der Waals surface area contributed by atoms with Gasteiger partial charge in [0, 0.05) is 23.0 Å². The second kappa shape index (κ2) is 6.70. The van der Waals surface area contributed by atoms with E-state index in [2.05, 4.69) is 53.1 Å². The maximum absolute atomic E-state index is 5.93. The van der Waals surface area contributed by atoms with Crippen LogP contribution in [0.25, 0.3) is 0 Å². The summed E-state index contributed by atoms with van der Waals surface area (Å²) in [5.41, 5.74) is 4.00. The molecule has 0 aliphatic rings. The number of halogens is 1. The molecule has 0 bridgehead atoms. The van der Waals surface area contributed by atoms with Crippen molar-refractivity contribution in [3.8, 4) is 5.75 Å². The van der Waals surface area contributed by atoms with Crippen LogP contribution in [0.2, 0.25) is 0 Å². The summed E-state index contributed by atoms with van der Waals surface area (Å²) in [5, 5.41) is 5.49. The standard InChI is InChI=1S/C15H19BrN2OS/c1-15(2,3)18-7-11-5-4-6-13(16)14(11)19-8-12-9-20-10-17-12/h4-6,9-10,18H,7-8H2,1-3H3. The number of hydrogen-bond acceptors (Lipinski definition) is 4. The van der Waals surface area contributed by atoms with Crippen LogP contribution < -0.4 is 10.1 Å². The maximum Gasteiger partial charge on any atom is 0.138 e. The van der Waals surface area contributed by atoms with E-state index in [1.165, 1.54) is 0 Å². The lowest BCUT2D eigenvalue weighted by atomic mass is 10.1. The Morgan fingerprint density at radius 3 is 2.80 bits per heavy atom. The molecule has 1 aromatic heterocycles. The molecule has 1 N–H and O–H groups in total. The van der Waals surface area contributed by atoms with Crippen LogP contribution in [-0.4, -0.2) is 10.5 Å². The van der Waals surface area contributed by atoms with Gasteiger partial charge in [-0.1, -0.05) is 12.1 Å². The number of aromatic nitrogens is 1. The molecule has 0 amide bonds. The number of nitrogens with one attached hydrogen (secondary N) is 1. The van der Waals surface area contributed by atoms with Crippen LogP contribution in [0.3, 0.4) is 0 Å². The van der Waals surface area contributed by atoms with E-state index in [0.29, 0.717) is 6.61 Å². The first-order chi connectivity index (χ1) is 9.46. The number of benzene rings is 1. The molecule has 0 unspecified atom stereocenters. The minimum Gasteiger partial charge on any atom is -0.486 e. The molecule has 0 saturated carbocycles. The van der Waals surface area contributed by atoms with Crippen LogP contribution in [0.5, 0.6) is 5.75 Å². The molecule has 0 spiro atoms. The Balaban J connectivity index is 2.09. The Labute approximate surface area is 132 Å². The van der Waals surface area contributed by atoms with Gasteiger partial charge in [0.05, 0.1) is 15.7 Å². The zero-order valence-electron chi connectivity index (χ0n) is 11.9. The van der Waals surface area contributed by atoms with Gasteiger partial charge in [-0.3, -0.25) is 0 Å². The number of hydrogen-bond donors (Lipinski definition) is 1. The molecule has 1 heterocycles. The quantitative estimate of drug-likeness (QED) is 0.865. The van der Waals surface area contributed by atoms with Crippen molar-refractivity contribution in [2.24, 2.45) is 0 Å². The molecule has 2 aromatic rings. The zero-order valence-corrected chi connectivity index (χ0v) is 14.3. The van der Waals surface area contributed by atoms with Gasteiger partial charge in [0.1, 0.15) is 12.4 Å². The van der Waals surface area contributed by atoms with Gasteiger partial charge in [0.25, 0.3) is 0 Å². The topological polar surface area (TPSA) is 34.1 Å². The molecule has 20 heavy (non-hydrogen) atoms. The van der Waals surface area contributed by atoms with Crippen molar-refractivity contribution >= 4 is 27.3 Å². The fourth-order valence-corrected chi connectivity index (χ4v) is 2.73. The van der Waals surface area contributed by atoms with Gasteiger partial charge in [0.2, 0.25) is 0 Å². The highest BCUT2D eigenvalue weighted by molar-refractivity contribution is 9.10. The SMILES string of the molecule is CC(C)(C)NCc1cccc(Br)c1OCc1cscn1. The second-order valence-electron chi connectivity index (χ2n) is 5.60. The fraction of sp³-hybridized carbons (Fsp3) is 0.400. The largest absolute Gasteiger partial charge is 0.486 e. The van der Waals surface area contributed by atoms with Crippen molar-refractivity contribution in [2.45, 2.75) is 39.5 Å². The van der Waals surface area contributed by atoms with E-state index in [-0.39, 0.29) is 5.54 Å². The average Bonchev–Trinajstić information content (AvgIpc) is 2.87. The summed E-state index contributed by atoms with van der Waals surface area (Å²) < 4.78 is 6.91. The number of nitrogens with zero attached hydrogens (tertiary/aromatic N) is 1. The summed E-state index contributed by atoms with van der Waals surface area (Å²) >= 11 is 5.14. The lowest BCUT2D eigenvalue weighted by molar-refractivity contribution is 0.294. The van der Waals surface area contributed by atoms with E-state index >= 15 is 0 Å². The molecule has 0 saturated heterocycles. The molecular weight excluding hydrogens is 336 g/mol. The van der Waals surface area contributed by atoms with E-state index in [4.69, 9.17) is 4.74 Å². The van der Waals surface area contributed by atoms with E-state index < -0.39 is 0 Å². The summed E-state index contributed by atoms with van der Waals surface area (Å²) in [6.45, 7) is 7.73. The fourth-order valence-electron chi connectivity index (χ4n) is 1.67. The van der Waals surface area contributed by atoms with E-state index in [1.807, 2.05) is 23.0 Å². The minimum absolute atomic E-state index is 0.0779. The predicted molar refractivity (Wildman–Crippen MR) is 87.2 cm³/mol. The van der Waals surface area contributed by atoms with E-state index in [9.17, 15) is 0 Å². The predicted octanol–water partition coefficient (Wildman–Crippen LogP) is 4.37. The highest BCUT2D eigenvalue weighted by Crippen LogP contribution is 2.30. The van der Waals surface area contributed by atoms with Crippen LogP contribution in [0.4, 0.5) is 0 Å². The summed E-state index contributed by atoms with van der Waals surface area (Å²) in [6, 6.07) is 6.11. The lowest BCUT2D eigenvalue weighted by Crippen LogP contribution is -2.35. The number of para-hydroxylation sites is 1. The van der Waals surface area contributed by atoms with E-state index in [1.54, 1.807) is 11.3 Å². The Morgan fingerprint density at radius 1 is 1.35 bits per heavy atom. The lowest BCUT2D eigenvalue weighted by Gasteiger charge is -2.22. The van der Waals surface area contributed by atoms with Crippen LogP contribution in [0.1, 0.15) is 32.0 Å². The van der Waals surface area contributed by atoms with Crippen molar-refractivity contribution in [1.29, 1.82) is 0 Å². The molecule has 0 atom stereocenters. The van der Waals surface area contributed by atoms with Crippen molar-refractivity contribution in [3.63, 3.8) is 0 Å². The van der Waals surface area contributed by atoms with Crippen molar-refractivity contribution < 1.29 is 4.74 Å². The molecular formula is C15H19BrN2OS. The molecule has 2 rings (SSSR count). The van der Waals surface area contributed by atoms with Gasteiger partial charge in [-0.2, -0.15) is 0 Å². The molecule has 108 valence electrons. The molecule has 3 nitrogen and oxygen atoms in total. The third-order valence-corrected chi connectivity index (χ3v) is 3.97. The Kier molecular flexibility index (Phi) is 5.18. The number of rotatable bonds is 5. The summed E-state index contributed by atoms with van der Waals surface area (Å²) in [7, 11) is 0. The molecule has 0 aliphatic heterocycles. The minimum atomic E-state index is 0.0779. The maximum atomic E-state index is 5.93. The summed E-state index contributed by atoms with van der Waals surface area (Å²) in [4.78, 5) is 4.24. The normalized spacial score (nSPS) is 11.6. The van der Waals surface area contributed by atoms with Crippen molar-refractivity contribution in [1.82, 2.24) is 10.3 Å². The van der Waals surface area contributed by atoms with Crippen LogP contribution >= 0.6 is 27.3 Å². The number of thiazole rings is 1. The van der Waals surface area contributed by atoms with Crippen molar-refractivity contribution in [2.75, 3.05) is 0 Å². The van der Waals surface area contributed by atoms with Gasteiger partial charge in [-0.15, -0.1) is 11.3 Å². The monoisotopic (exact) mass is 354 g/mol. The van der Waals surface area contributed by atoms with Crippen LogP contribution in [0.15, 0.2) is 33.6 Å². The Hall–Kier alpha value is -0.910. The van der Waals surface area contributed by atoms with Gasteiger partial charge < -0.3 is 10.1 Å². The van der Waals surface area contributed by atoms with Crippen LogP contribution in [-0.2, 0) is 13.2 Å². The van der Waals surface area contributed by atoms with E-state index in [0.717, 1.165) is 28.0 Å². The Morgan fingerprint density at radius 2 is 2.15 bits per heavy atom. The smallest absolute Gasteiger partial charge is 0.138 e.